The highest BCUT2D eigenvalue weighted by Gasteiger charge is 2.50. The van der Waals surface area contributed by atoms with Gasteiger partial charge in [-0.05, 0) is 112 Å². The first kappa shape index (κ1) is 32.6. The van der Waals surface area contributed by atoms with Crippen molar-refractivity contribution in [3.05, 3.63) is 187 Å². The van der Waals surface area contributed by atoms with Crippen LogP contribution in [0.15, 0.2) is 196 Å². The van der Waals surface area contributed by atoms with Crippen molar-refractivity contribution in [2.75, 3.05) is 9.80 Å². The summed E-state index contributed by atoms with van der Waals surface area (Å²) in [5, 5.41) is 5.68. The molecule has 8 aromatic rings. The predicted molar refractivity (Wildman–Crippen MR) is 242 cm³/mol. The molecule has 56 heavy (non-hydrogen) atoms. The maximum absolute atomic E-state index is 2.78. The molecule has 0 atom stereocenters. The SMILES string of the molecule is Cc1ccc2c(c1)[Si](c1ccccc1)(c1ccccc1)c1cc(C)ccc1N2c1cc2c3c(c1)N(c1ccccc1)c1cccc4c1B3c1c(cccc1S2)S4. The molecule has 0 fully saturated rings. The van der Waals surface area contributed by atoms with Crippen LogP contribution in [0.5, 0.6) is 0 Å². The van der Waals surface area contributed by atoms with E-state index >= 15 is 0 Å². The fraction of sp³-hybridized carbons (Fsp3) is 0.0400. The van der Waals surface area contributed by atoms with Gasteiger partial charge in [0.1, 0.15) is 0 Å². The molecule has 0 saturated heterocycles. The van der Waals surface area contributed by atoms with Crippen LogP contribution in [0.3, 0.4) is 0 Å². The molecular weight excluding hydrogens is 732 g/mol. The van der Waals surface area contributed by atoms with Crippen LogP contribution < -0.4 is 46.9 Å². The van der Waals surface area contributed by atoms with Crippen LogP contribution in [-0.2, 0) is 0 Å². The molecule has 8 aromatic carbocycles. The lowest BCUT2D eigenvalue weighted by molar-refractivity contribution is 1.21. The van der Waals surface area contributed by atoms with Crippen LogP contribution in [0, 0.1) is 13.8 Å². The number of aryl methyl sites for hydroxylation is 2. The minimum atomic E-state index is -2.78. The quantitative estimate of drug-likeness (QED) is 0.166. The van der Waals surface area contributed by atoms with E-state index in [4.69, 9.17) is 0 Å². The Morgan fingerprint density at radius 2 is 0.893 bits per heavy atom. The number of fused-ring (bicyclic) bond motifs is 2. The van der Waals surface area contributed by atoms with Crippen LogP contribution in [0.2, 0.25) is 0 Å². The summed E-state index contributed by atoms with van der Waals surface area (Å²) in [5.41, 5.74) is 14.3. The molecule has 12 rings (SSSR count). The van der Waals surface area contributed by atoms with Crippen molar-refractivity contribution in [2.24, 2.45) is 0 Å². The highest BCUT2D eigenvalue weighted by atomic mass is 32.2. The lowest BCUT2D eigenvalue weighted by atomic mass is 9.34. The van der Waals surface area contributed by atoms with Crippen LogP contribution in [-0.4, -0.2) is 14.8 Å². The van der Waals surface area contributed by atoms with Crippen LogP contribution >= 0.6 is 23.5 Å². The van der Waals surface area contributed by atoms with Gasteiger partial charge < -0.3 is 9.80 Å². The summed E-state index contributed by atoms with van der Waals surface area (Å²) in [6, 6.07) is 67.0. The normalized spacial score (nSPS) is 14.9. The van der Waals surface area contributed by atoms with Gasteiger partial charge in [0.15, 0.2) is 8.07 Å². The Bertz CT molecular complexity index is 2820. The molecule has 6 heteroatoms. The topological polar surface area (TPSA) is 6.48 Å². The summed E-state index contributed by atoms with van der Waals surface area (Å²) in [5.74, 6) is 0. The smallest absolute Gasteiger partial charge is 0.252 e. The number of anilines is 6. The number of hydrogen-bond donors (Lipinski definition) is 0. The van der Waals surface area contributed by atoms with E-state index in [1.165, 1.54) is 102 Å². The lowest BCUT2D eigenvalue weighted by Crippen LogP contribution is -2.77. The highest BCUT2D eigenvalue weighted by Crippen LogP contribution is 2.49. The lowest BCUT2D eigenvalue weighted by Gasteiger charge is -2.47. The molecule has 0 N–H and O–H groups in total. The molecule has 0 bridgehead atoms. The van der Waals surface area contributed by atoms with E-state index in [1.54, 1.807) is 0 Å². The Morgan fingerprint density at radius 1 is 0.393 bits per heavy atom. The summed E-state index contributed by atoms with van der Waals surface area (Å²) in [4.78, 5) is 10.6. The number of hydrogen-bond acceptors (Lipinski definition) is 4. The zero-order valence-electron chi connectivity index (χ0n) is 31.0. The van der Waals surface area contributed by atoms with Gasteiger partial charge in [-0.2, -0.15) is 0 Å². The van der Waals surface area contributed by atoms with Crippen molar-refractivity contribution >= 4 is 110 Å². The van der Waals surface area contributed by atoms with Crippen molar-refractivity contribution < 1.29 is 0 Å². The first-order valence-electron chi connectivity index (χ1n) is 19.4. The van der Waals surface area contributed by atoms with Gasteiger partial charge >= 0.3 is 0 Å². The Morgan fingerprint density at radius 3 is 1.50 bits per heavy atom. The molecule has 0 aromatic heterocycles. The summed E-state index contributed by atoms with van der Waals surface area (Å²) < 4.78 is 0. The van der Waals surface area contributed by atoms with E-state index in [2.05, 4.69) is 200 Å². The number of benzene rings is 8. The summed E-state index contributed by atoms with van der Waals surface area (Å²) in [7, 11) is -2.78. The van der Waals surface area contributed by atoms with Gasteiger partial charge in [0.25, 0.3) is 6.71 Å². The average Bonchev–Trinajstić information content (AvgIpc) is 3.24. The van der Waals surface area contributed by atoms with Crippen molar-refractivity contribution in [1.29, 1.82) is 0 Å². The van der Waals surface area contributed by atoms with Gasteiger partial charge in [-0.25, -0.2) is 0 Å². The highest BCUT2D eigenvalue weighted by molar-refractivity contribution is 8.01. The molecule has 0 unspecified atom stereocenters. The third-order valence-corrected chi connectivity index (χ3v) is 19.3. The van der Waals surface area contributed by atoms with E-state index in [0.717, 1.165) is 0 Å². The molecule has 2 nitrogen and oxygen atoms in total. The first-order chi connectivity index (χ1) is 27.6. The summed E-state index contributed by atoms with van der Waals surface area (Å²) in [6.45, 7) is 4.70. The number of rotatable bonds is 4. The Hall–Kier alpha value is -5.66. The second-order valence-electron chi connectivity index (χ2n) is 15.4. The Balaban J connectivity index is 1.18. The van der Waals surface area contributed by atoms with Crippen LogP contribution in [0.25, 0.3) is 0 Å². The van der Waals surface area contributed by atoms with Gasteiger partial charge in [0.05, 0.1) is 0 Å². The summed E-state index contributed by atoms with van der Waals surface area (Å²) >= 11 is 3.88. The molecule has 264 valence electrons. The van der Waals surface area contributed by atoms with E-state index < -0.39 is 8.07 Å². The van der Waals surface area contributed by atoms with Gasteiger partial charge in [-0.15, -0.1) is 0 Å². The van der Waals surface area contributed by atoms with Crippen LogP contribution in [0.4, 0.5) is 34.1 Å². The Labute approximate surface area is 338 Å². The predicted octanol–water partition coefficient (Wildman–Crippen LogP) is 8.69. The maximum atomic E-state index is 2.59. The number of para-hydroxylation sites is 1. The molecule has 4 aliphatic rings. The zero-order chi connectivity index (χ0) is 37.1. The third-order valence-electron chi connectivity index (χ3n) is 12.2. The van der Waals surface area contributed by atoms with E-state index in [9.17, 15) is 0 Å². The van der Waals surface area contributed by atoms with Gasteiger partial charge in [-0.3, -0.25) is 0 Å². The number of nitrogens with zero attached hydrogens (tertiary/aromatic N) is 2. The van der Waals surface area contributed by atoms with E-state index in [1.807, 2.05) is 23.5 Å². The maximum Gasteiger partial charge on any atom is 0.252 e. The molecule has 0 aliphatic carbocycles. The standard InChI is InChI=1S/C50H35BN2S2Si/c1-32-24-26-38-46(28-32)56(36-16-8-4-9-17-36,37-18-10-5-11-19-37)47-29-33(2)25-27-39(47)53(38)35-30-41-49-45(31-35)55-44-23-13-22-43-50(44)51(49)48-40(20-12-21-42(48)54-43)52(41)34-14-6-3-7-15-34/h3-31H,1-2H3. The molecule has 4 heterocycles. The minimum Gasteiger partial charge on any atom is -0.311 e. The molecular formula is C50H35BN2S2Si. The Kier molecular flexibility index (Phi) is 7.08. The van der Waals surface area contributed by atoms with Gasteiger partial charge in [0.2, 0.25) is 0 Å². The van der Waals surface area contributed by atoms with Crippen molar-refractivity contribution in [1.82, 2.24) is 0 Å². The van der Waals surface area contributed by atoms with Crippen molar-refractivity contribution in [3.63, 3.8) is 0 Å². The third kappa shape index (κ3) is 4.43. The minimum absolute atomic E-state index is 0.191. The second-order valence-corrected chi connectivity index (χ2v) is 21.3. The average molecular weight is 767 g/mol. The second kappa shape index (κ2) is 12.2. The van der Waals surface area contributed by atoms with Crippen LogP contribution in [0.1, 0.15) is 11.1 Å². The zero-order valence-corrected chi connectivity index (χ0v) is 33.7. The van der Waals surface area contributed by atoms with Gasteiger partial charge in [0, 0.05) is 53.7 Å². The molecule has 0 spiro atoms. The largest absolute Gasteiger partial charge is 0.311 e. The van der Waals surface area contributed by atoms with Crippen molar-refractivity contribution in [2.45, 2.75) is 33.4 Å². The molecule has 4 aliphatic heterocycles. The van der Waals surface area contributed by atoms with E-state index in [-0.39, 0.29) is 6.71 Å². The van der Waals surface area contributed by atoms with Crippen molar-refractivity contribution in [3.8, 4) is 0 Å². The molecule has 0 radical (unpaired) electrons. The van der Waals surface area contributed by atoms with Gasteiger partial charge in [-0.1, -0.05) is 150 Å². The fourth-order valence-corrected chi connectivity index (χ4v) is 17.8. The van der Waals surface area contributed by atoms with E-state index in [0.29, 0.717) is 0 Å². The first-order valence-corrected chi connectivity index (χ1v) is 23.0. The monoisotopic (exact) mass is 766 g/mol. The molecule has 0 amide bonds. The summed E-state index contributed by atoms with van der Waals surface area (Å²) in [6.07, 6.45) is 0. The molecule has 0 saturated carbocycles. The fourth-order valence-electron chi connectivity index (χ4n) is 10.0.